The third-order valence-corrected chi connectivity index (χ3v) is 3.92. The number of piperidine rings is 1. The summed E-state index contributed by atoms with van der Waals surface area (Å²) in [7, 11) is 0. The Balaban J connectivity index is 1.60. The van der Waals surface area contributed by atoms with Crippen molar-refractivity contribution in [2.45, 2.75) is 25.7 Å². The topological polar surface area (TPSA) is 12.5 Å². The molecule has 92 valence electrons. The van der Waals surface area contributed by atoms with E-state index < -0.39 is 0 Å². The first-order chi connectivity index (χ1) is 8.42. The fourth-order valence-electron chi connectivity index (χ4n) is 3.02. The second-order valence-corrected chi connectivity index (χ2v) is 5.35. The fraction of sp³-hybridized carbons (Fsp3) is 0.600. The highest BCUT2D eigenvalue weighted by Gasteiger charge is 2.22. The Morgan fingerprint density at radius 3 is 2.82 bits per heavy atom. The van der Waals surface area contributed by atoms with E-state index in [1.807, 2.05) is 0 Å². The molecule has 1 aromatic carbocycles. The average molecular weight is 231 g/mol. The van der Waals surface area contributed by atoms with Crippen molar-refractivity contribution in [3.8, 4) is 5.75 Å². The summed E-state index contributed by atoms with van der Waals surface area (Å²) in [5.74, 6) is 1.78. The second-order valence-electron chi connectivity index (χ2n) is 5.35. The maximum atomic E-state index is 5.85. The third kappa shape index (κ3) is 2.63. The van der Waals surface area contributed by atoms with E-state index in [2.05, 4.69) is 29.2 Å². The van der Waals surface area contributed by atoms with Gasteiger partial charge in [-0.15, -0.1) is 0 Å². The van der Waals surface area contributed by atoms with Gasteiger partial charge in [-0.3, -0.25) is 0 Å². The van der Waals surface area contributed by atoms with Crippen LogP contribution in [0.1, 0.15) is 24.8 Å². The van der Waals surface area contributed by atoms with Crippen LogP contribution in [-0.4, -0.2) is 31.1 Å². The van der Waals surface area contributed by atoms with E-state index >= 15 is 0 Å². The lowest BCUT2D eigenvalue weighted by molar-refractivity contribution is 0.144. The van der Waals surface area contributed by atoms with Gasteiger partial charge in [-0.2, -0.15) is 0 Å². The van der Waals surface area contributed by atoms with Crippen LogP contribution in [0.5, 0.6) is 5.75 Å². The van der Waals surface area contributed by atoms with Crippen molar-refractivity contribution in [3.63, 3.8) is 0 Å². The highest BCUT2D eigenvalue weighted by Crippen LogP contribution is 2.27. The molecular weight excluding hydrogens is 210 g/mol. The zero-order chi connectivity index (χ0) is 11.5. The highest BCUT2D eigenvalue weighted by molar-refractivity contribution is 5.35. The van der Waals surface area contributed by atoms with Crippen molar-refractivity contribution in [2.24, 2.45) is 5.92 Å². The molecule has 2 aliphatic rings. The lowest BCUT2D eigenvalue weighted by Gasteiger charge is -2.32. The van der Waals surface area contributed by atoms with Crippen molar-refractivity contribution in [3.05, 3.63) is 29.8 Å². The van der Waals surface area contributed by atoms with Crippen LogP contribution in [-0.2, 0) is 6.42 Å². The molecule has 2 aliphatic heterocycles. The zero-order valence-corrected chi connectivity index (χ0v) is 10.4. The first kappa shape index (κ1) is 11.1. The van der Waals surface area contributed by atoms with E-state index in [-0.39, 0.29) is 0 Å². The van der Waals surface area contributed by atoms with Gasteiger partial charge in [-0.25, -0.2) is 0 Å². The van der Waals surface area contributed by atoms with Gasteiger partial charge in [0.1, 0.15) is 5.75 Å². The fourth-order valence-corrected chi connectivity index (χ4v) is 3.02. The van der Waals surface area contributed by atoms with E-state index in [4.69, 9.17) is 4.74 Å². The Morgan fingerprint density at radius 2 is 1.94 bits per heavy atom. The van der Waals surface area contributed by atoms with Crippen molar-refractivity contribution in [1.29, 1.82) is 0 Å². The van der Waals surface area contributed by atoms with Crippen LogP contribution in [0, 0.1) is 5.92 Å². The van der Waals surface area contributed by atoms with Crippen LogP contribution in [0.4, 0.5) is 0 Å². The summed E-state index contributed by atoms with van der Waals surface area (Å²) in [5.41, 5.74) is 1.39. The summed E-state index contributed by atoms with van der Waals surface area (Å²) in [6, 6.07) is 8.47. The Morgan fingerprint density at radius 1 is 1.12 bits per heavy atom. The van der Waals surface area contributed by atoms with Gasteiger partial charge in [-0.05, 0) is 44.0 Å². The van der Waals surface area contributed by atoms with E-state index in [0.717, 1.165) is 12.4 Å². The molecular formula is C15H21NO. The number of rotatable bonds is 2. The zero-order valence-electron chi connectivity index (χ0n) is 10.4. The summed E-state index contributed by atoms with van der Waals surface area (Å²) in [6.07, 6.45) is 5.36. The lowest BCUT2D eigenvalue weighted by Crippen LogP contribution is -2.38. The number of hydrogen-bond donors (Lipinski definition) is 0. The third-order valence-electron chi connectivity index (χ3n) is 3.92. The van der Waals surface area contributed by atoms with Gasteiger partial charge in [0.15, 0.2) is 0 Å². The van der Waals surface area contributed by atoms with Crippen LogP contribution >= 0.6 is 0 Å². The van der Waals surface area contributed by atoms with Crippen molar-refractivity contribution >= 4 is 0 Å². The molecule has 1 saturated heterocycles. The Labute approximate surface area is 104 Å². The second kappa shape index (κ2) is 5.09. The minimum absolute atomic E-state index is 0.683. The van der Waals surface area contributed by atoms with Crippen LogP contribution in [0.25, 0.3) is 0 Å². The SMILES string of the molecule is c1ccc2c(c1)CC(CN1CCCCC1)CO2. The predicted octanol–water partition coefficient (Wildman–Crippen LogP) is 2.72. The summed E-state index contributed by atoms with van der Waals surface area (Å²) in [6.45, 7) is 4.69. The average Bonchev–Trinajstić information content (AvgIpc) is 2.40. The van der Waals surface area contributed by atoms with Gasteiger partial charge in [-0.1, -0.05) is 24.6 Å². The maximum absolute atomic E-state index is 5.85. The number of para-hydroxylation sites is 1. The van der Waals surface area contributed by atoms with Crippen LogP contribution in [0.15, 0.2) is 24.3 Å². The molecule has 2 heteroatoms. The summed E-state index contributed by atoms with van der Waals surface area (Å²) in [4.78, 5) is 2.62. The molecule has 2 nitrogen and oxygen atoms in total. The minimum atomic E-state index is 0.683. The van der Waals surface area contributed by atoms with Gasteiger partial charge in [0.05, 0.1) is 6.61 Å². The van der Waals surface area contributed by atoms with Crippen LogP contribution in [0.3, 0.4) is 0 Å². The molecule has 0 amide bonds. The van der Waals surface area contributed by atoms with Crippen molar-refractivity contribution < 1.29 is 4.74 Å². The summed E-state index contributed by atoms with van der Waals surface area (Å²) < 4.78 is 5.85. The van der Waals surface area contributed by atoms with Gasteiger partial charge in [0.2, 0.25) is 0 Å². The number of likely N-dealkylation sites (tertiary alicyclic amines) is 1. The molecule has 1 atom stereocenters. The predicted molar refractivity (Wildman–Crippen MR) is 69.4 cm³/mol. The molecule has 0 N–H and O–H groups in total. The molecule has 0 aliphatic carbocycles. The molecule has 3 rings (SSSR count). The monoisotopic (exact) mass is 231 g/mol. The molecule has 1 aromatic rings. The number of benzene rings is 1. The molecule has 0 saturated carbocycles. The smallest absolute Gasteiger partial charge is 0.122 e. The molecule has 0 radical (unpaired) electrons. The summed E-state index contributed by atoms with van der Waals surface area (Å²) >= 11 is 0. The minimum Gasteiger partial charge on any atom is -0.493 e. The van der Waals surface area contributed by atoms with Crippen LogP contribution < -0.4 is 4.74 Å². The molecule has 17 heavy (non-hydrogen) atoms. The number of nitrogens with zero attached hydrogens (tertiary/aromatic N) is 1. The van der Waals surface area contributed by atoms with Gasteiger partial charge in [0.25, 0.3) is 0 Å². The van der Waals surface area contributed by atoms with E-state index in [1.165, 1.54) is 50.9 Å². The first-order valence-corrected chi connectivity index (χ1v) is 6.85. The summed E-state index contributed by atoms with van der Waals surface area (Å²) in [5, 5.41) is 0. The first-order valence-electron chi connectivity index (χ1n) is 6.85. The normalized spacial score (nSPS) is 25.1. The molecule has 2 heterocycles. The Kier molecular flexibility index (Phi) is 3.32. The standard InChI is InChI=1S/C15H21NO/c1-4-8-16(9-5-1)11-13-10-14-6-2-3-7-15(14)17-12-13/h2-3,6-7,13H,1,4-5,8-12H2. The van der Waals surface area contributed by atoms with Gasteiger partial charge >= 0.3 is 0 Å². The Bertz CT molecular complexity index is 371. The van der Waals surface area contributed by atoms with E-state index in [9.17, 15) is 0 Å². The van der Waals surface area contributed by atoms with Crippen molar-refractivity contribution in [1.82, 2.24) is 4.90 Å². The Hall–Kier alpha value is -1.02. The maximum Gasteiger partial charge on any atom is 0.122 e. The molecule has 1 fully saturated rings. The molecule has 0 aromatic heterocycles. The van der Waals surface area contributed by atoms with Crippen molar-refractivity contribution in [2.75, 3.05) is 26.2 Å². The highest BCUT2D eigenvalue weighted by atomic mass is 16.5. The number of ether oxygens (including phenoxy) is 1. The van der Waals surface area contributed by atoms with E-state index in [1.54, 1.807) is 0 Å². The molecule has 0 bridgehead atoms. The molecule has 1 unspecified atom stereocenters. The van der Waals surface area contributed by atoms with E-state index in [0.29, 0.717) is 5.92 Å². The molecule has 0 spiro atoms. The van der Waals surface area contributed by atoms with Gasteiger partial charge < -0.3 is 9.64 Å². The largest absolute Gasteiger partial charge is 0.493 e. The van der Waals surface area contributed by atoms with Crippen LogP contribution in [0.2, 0.25) is 0 Å². The number of hydrogen-bond acceptors (Lipinski definition) is 2. The van der Waals surface area contributed by atoms with Gasteiger partial charge in [0, 0.05) is 12.5 Å². The number of fused-ring (bicyclic) bond motifs is 1. The quantitative estimate of drug-likeness (QED) is 0.776. The lowest BCUT2D eigenvalue weighted by atomic mass is 9.95.